The molecule has 0 aromatic heterocycles. The Morgan fingerprint density at radius 2 is 0.963 bits per heavy atom. The number of carbonyl (C=O) groups excluding carboxylic acids is 2. The maximum absolute atomic E-state index is 11.3. The van der Waals surface area contributed by atoms with Crippen molar-refractivity contribution < 1.29 is 38.9 Å². The van der Waals surface area contributed by atoms with Gasteiger partial charge in [0.05, 0.1) is 13.2 Å². The van der Waals surface area contributed by atoms with Crippen LogP contribution in [0.25, 0.3) is 0 Å². The zero-order valence-corrected chi connectivity index (χ0v) is 14.1. The second-order valence-corrected chi connectivity index (χ2v) is 5.37. The van der Waals surface area contributed by atoms with Crippen LogP contribution in [0.5, 0.6) is 11.5 Å². The largest absolute Gasteiger partial charge is 0.493 e. The number of benzene rings is 2. The highest BCUT2D eigenvalue weighted by Crippen LogP contribution is 2.15. The van der Waals surface area contributed by atoms with Gasteiger partial charge in [0.2, 0.25) is 0 Å². The molecule has 0 atom stereocenters. The van der Waals surface area contributed by atoms with Crippen molar-refractivity contribution in [2.24, 2.45) is 0 Å². The molecule has 0 radical (unpaired) electrons. The van der Waals surface area contributed by atoms with Gasteiger partial charge in [0.25, 0.3) is 11.6 Å². The first kappa shape index (κ1) is 19.6. The van der Waals surface area contributed by atoms with Gasteiger partial charge in [0.15, 0.2) is 0 Å². The second kappa shape index (κ2) is 9.14. The molecule has 2 aromatic carbocycles. The van der Waals surface area contributed by atoms with Gasteiger partial charge in [-0.15, -0.1) is 0 Å². The molecule has 8 nitrogen and oxygen atoms in total. The molecule has 0 unspecified atom stereocenters. The smallest absolute Gasteiger partial charge is 0.377 e. The molecule has 140 valence electrons. The van der Waals surface area contributed by atoms with Crippen LogP contribution < -0.4 is 9.47 Å². The van der Waals surface area contributed by atoms with E-state index in [9.17, 15) is 19.2 Å². The van der Waals surface area contributed by atoms with E-state index >= 15 is 0 Å². The molecule has 0 heterocycles. The number of ether oxygens (including phenoxy) is 2. The lowest BCUT2D eigenvalue weighted by Gasteiger charge is -2.08. The minimum Gasteiger partial charge on any atom is -0.493 e. The van der Waals surface area contributed by atoms with Crippen molar-refractivity contribution in [3.63, 3.8) is 0 Å². The summed E-state index contributed by atoms with van der Waals surface area (Å²) in [7, 11) is 0. The Balaban J connectivity index is 1.73. The first-order valence-corrected chi connectivity index (χ1v) is 7.89. The lowest BCUT2D eigenvalue weighted by atomic mass is 10.1. The Hall–Kier alpha value is -3.68. The third-order valence-electron chi connectivity index (χ3n) is 3.45. The summed E-state index contributed by atoms with van der Waals surface area (Å²) in [6, 6.07) is 11.5. The van der Waals surface area contributed by atoms with Crippen molar-refractivity contribution in [1.82, 2.24) is 0 Å². The van der Waals surface area contributed by atoms with Crippen LogP contribution in [-0.4, -0.2) is 46.9 Å². The molecule has 0 amide bonds. The van der Waals surface area contributed by atoms with Crippen molar-refractivity contribution in [3.05, 3.63) is 59.7 Å². The average molecular weight is 372 g/mol. The maximum Gasteiger partial charge on any atom is 0.377 e. The number of hydrogen-bond donors (Lipinski definition) is 2. The van der Waals surface area contributed by atoms with E-state index in [1.807, 2.05) is 0 Å². The van der Waals surface area contributed by atoms with Crippen LogP contribution in [0.4, 0.5) is 0 Å². The van der Waals surface area contributed by atoms with Crippen molar-refractivity contribution >= 4 is 23.5 Å². The van der Waals surface area contributed by atoms with Gasteiger partial charge in [-0.1, -0.05) is 0 Å². The first-order valence-electron chi connectivity index (χ1n) is 7.89. The van der Waals surface area contributed by atoms with Gasteiger partial charge in [-0.3, -0.25) is 9.59 Å². The lowest BCUT2D eigenvalue weighted by Crippen LogP contribution is -2.12. The fraction of sp³-hybridized carbons (Fsp3) is 0.158. The molecule has 2 rings (SSSR count). The van der Waals surface area contributed by atoms with E-state index in [1.54, 1.807) is 0 Å². The zero-order chi connectivity index (χ0) is 19.8. The molecule has 0 aliphatic carbocycles. The Morgan fingerprint density at radius 3 is 1.26 bits per heavy atom. The Bertz CT molecular complexity index is 766. The molecular formula is C19H16O8. The molecule has 0 spiro atoms. The fourth-order valence-corrected chi connectivity index (χ4v) is 2.09. The number of ketones is 2. The number of rotatable bonds is 10. The highest BCUT2D eigenvalue weighted by atomic mass is 16.5. The Labute approximate surface area is 154 Å². The number of carbonyl (C=O) groups is 4. The minimum absolute atomic E-state index is 0.0722. The minimum atomic E-state index is -1.51. The predicted molar refractivity (Wildman–Crippen MR) is 92.4 cm³/mol. The van der Waals surface area contributed by atoms with Crippen molar-refractivity contribution in [1.29, 1.82) is 0 Å². The zero-order valence-electron chi connectivity index (χ0n) is 14.1. The van der Waals surface area contributed by atoms with E-state index in [4.69, 9.17) is 19.7 Å². The third-order valence-corrected chi connectivity index (χ3v) is 3.45. The van der Waals surface area contributed by atoms with Crippen LogP contribution in [0.2, 0.25) is 0 Å². The molecule has 2 N–H and O–H groups in total. The van der Waals surface area contributed by atoms with Gasteiger partial charge in [-0.25, -0.2) is 9.59 Å². The summed E-state index contributed by atoms with van der Waals surface area (Å²) in [6.45, 7) is 0.670. The Kier molecular flexibility index (Phi) is 6.65. The standard InChI is InChI=1S/C19H16O8/c20-16(18(22)23)12-2-6-14(7-3-12)26-10-1-11-27-15-8-4-13(5-9-15)17(21)19(24)25/h2-9H,1,10-11H2,(H,22,23)(H,24,25). The lowest BCUT2D eigenvalue weighted by molar-refractivity contribution is -0.132. The van der Waals surface area contributed by atoms with E-state index in [-0.39, 0.29) is 11.1 Å². The number of aliphatic carboxylic acids is 2. The van der Waals surface area contributed by atoms with Crippen LogP contribution in [0.1, 0.15) is 27.1 Å². The molecule has 0 bridgehead atoms. The summed E-state index contributed by atoms with van der Waals surface area (Å²) in [5, 5.41) is 17.3. The summed E-state index contributed by atoms with van der Waals surface area (Å²) in [5.41, 5.74) is 0.144. The summed E-state index contributed by atoms with van der Waals surface area (Å²) in [4.78, 5) is 43.7. The van der Waals surface area contributed by atoms with Crippen molar-refractivity contribution in [2.75, 3.05) is 13.2 Å². The third kappa shape index (κ3) is 5.67. The molecule has 27 heavy (non-hydrogen) atoms. The molecule has 0 saturated carbocycles. The monoisotopic (exact) mass is 372 g/mol. The van der Waals surface area contributed by atoms with Gasteiger partial charge in [-0.05, 0) is 48.5 Å². The molecule has 8 heteroatoms. The van der Waals surface area contributed by atoms with E-state index in [0.717, 1.165) is 0 Å². The summed E-state index contributed by atoms with van der Waals surface area (Å²) >= 11 is 0. The quantitative estimate of drug-likeness (QED) is 0.369. The van der Waals surface area contributed by atoms with Crippen molar-refractivity contribution in [2.45, 2.75) is 6.42 Å². The SMILES string of the molecule is O=C(O)C(=O)c1ccc(OCCCOc2ccc(C(=O)C(=O)O)cc2)cc1. The normalized spacial score (nSPS) is 10.1. The summed E-state index contributed by atoms with van der Waals surface area (Å²) < 4.78 is 10.9. The number of Topliss-reactive ketones (excluding diaryl/α,β-unsaturated/α-hetero) is 2. The van der Waals surface area contributed by atoms with Crippen LogP contribution >= 0.6 is 0 Å². The number of hydrogen-bond acceptors (Lipinski definition) is 6. The highest BCUT2D eigenvalue weighted by Gasteiger charge is 2.14. The highest BCUT2D eigenvalue weighted by molar-refractivity contribution is 6.40. The van der Waals surface area contributed by atoms with Crippen molar-refractivity contribution in [3.8, 4) is 11.5 Å². The van der Waals surface area contributed by atoms with Crippen LogP contribution in [0, 0.1) is 0 Å². The van der Waals surface area contributed by atoms with Crippen LogP contribution in [-0.2, 0) is 9.59 Å². The van der Waals surface area contributed by atoms with E-state index in [0.29, 0.717) is 31.1 Å². The molecule has 0 saturated heterocycles. The fourth-order valence-electron chi connectivity index (χ4n) is 2.09. The summed E-state index contributed by atoms with van der Waals surface area (Å²) in [6.07, 6.45) is 0.547. The first-order chi connectivity index (χ1) is 12.9. The number of carboxylic acids is 2. The molecule has 2 aromatic rings. The van der Waals surface area contributed by atoms with E-state index in [2.05, 4.69) is 0 Å². The number of carboxylic acid groups (broad SMARTS) is 2. The predicted octanol–water partition coefficient (Wildman–Crippen LogP) is 2.07. The summed E-state index contributed by atoms with van der Waals surface area (Å²) in [5.74, 6) is -4.00. The maximum atomic E-state index is 11.3. The van der Waals surface area contributed by atoms with Gasteiger partial charge < -0.3 is 19.7 Å². The molecule has 0 aliphatic heterocycles. The molecular weight excluding hydrogens is 356 g/mol. The average Bonchev–Trinajstić information content (AvgIpc) is 2.67. The molecule has 0 aliphatic rings. The molecule has 0 fully saturated rings. The van der Waals surface area contributed by atoms with Gasteiger partial charge in [-0.2, -0.15) is 0 Å². The van der Waals surface area contributed by atoms with Crippen LogP contribution in [0.3, 0.4) is 0 Å². The van der Waals surface area contributed by atoms with Gasteiger partial charge in [0, 0.05) is 17.5 Å². The van der Waals surface area contributed by atoms with E-state index in [1.165, 1.54) is 48.5 Å². The van der Waals surface area contributed by atoms with Gasteiger partial charge in [0.1, 0.15) is 11.5 Å². The van der Waals surface area contributed by atoms with Crippen LogP contribution in [0.15, 0.2) is 48.5 Å². The topological polar surface area (TPSA) is 127 Å². The van der Waals surface area contributed by atoms with E-state index < -0.39 is 23.5 Å². The second-order valence-electron chi connectivity index (χ2n) is 5.37. The Morgan fingerprint density at radius 1 is 0.630 bits per heavy atom. The van der Waals surface area contributed by atoms with Gasteiger partial charge >= 0.3 is 11.9 Å².